The Bertz CT molecular complexity index is 568. The molecule has 1 fully saturated rings. The highest BCUT2D eigenvalue weighted by Gasteiger charge is 2.11. The Morgan fingerprint density at radius 2 is 2.11 bits per heavy atom. The van der Waals surface area contributed by atoms with Crippen LogP contribution in [-0.4, -0.2) is 5.16 Å². The molecule has 0 unspecified atom stereocenters. The Labute approximate surface area is 105 Å². The number of benzene rings is 1. The highest BCUT2D eigenvalue weighted by molar-refractivity contribution is 5.74. The topological polar surface area (TPSA) is 53.0 Å². The number of fused-ring (bicyclic) bond motifs is 1. The molecule has 0 amide bonds. The second kappa shape index (κ2) is 4.80. The van der Waals surface area contributed by atoms with Crippen molar-refractivity contribution in [2.75, 3.05) is 0 Å². The molecule has 1 heterocycles. The lowest BCUT2D eigenvalue weighted by Gasteiger charge is -2.17. The molecule has 94 valence electrons. The first-order valence-electron chi connectivity index (χ1n) is 6.50. The van der Waals surface area contributed by atoms with Crippen molar-refractivity contribution in [1.29, 1.82) is 0 Å². The lowest BCUT2D eigenvalue weighted by Crippen LogP contribution is -2.22. The van der Waals surface area contributed by atoms with Crippen molar-refractivity contribution < 1.29 is 9.53 Å². The molecule has 1 saturated carbocycles. The van der Waals surface area contributed by atoms with Gasteiger partial charge in [-0.3, -0.25) is 4.63 Å². The quantitative estimate of drug-likeness (QED) is 0.763. The van der Waals surface area contributed by atoms with Crippen molar-refractivity contribution in [2.45, 2.75) is 32.1 Å². The van der Waals surface area contributed by atoms with Crippen LogP contribution in [0.2, 0.25) is 0 Å². The maximum Gasteiger partial charge on any atom is 0.249 e. The van der Waals surface area contributed by atoms with Crippen LogP contribution in [-0.2, 0) is 0 Å². The standard InChI is InChI=1S/C14H16N2O2/c17-16-14-9-8-12(10-13(14)15-18-16)7-6-11-4-2-1-3-5-11/h6-11H,1-5H2/b7-6+. The van der Waals surface area contributed by atoms with Gasteiger partial charge in [0.05, 0.1) is 0 Å². The van der Waals surface area contributed by atoms with E-state index in [9.17, 15) is 5.21 Å². The smallest absolute Gasteiger partial charge is 0.249 e. The molecular weight excluding hydrogens is 228 g/mol. The van der Waals surface area contributed by atoms with Crippen molar-refractivity contribution in [3.8, 4) is 0 Å². The highest BCUT2D eigenvalue weighted by Crippen LogP contribution is 2.25. The largest absolute Gasteiger partial charge is 0.359 e. The van der Waals surface area contributed by atoms with E-state index in [1.54, 1.807) is 6.07 Å². The molecule has 0 saturated heterocycles. The molecule has 0 atom stereocenters. The molecule has 4 nitrogen and oxygen atoms in total. The van der Waals surface area contributed by atoms with Crippen LogP contribution in [0.4, 0.5) is 0 Å². The molecule has 0 radical (unpaired) electrons. The number of rotatable bonds is 2. The van der Waals surface area contributed by atoms with Crippen LogP contribution in [0.5, 0.6) is 0 Å². The van der Waals surface area contributed by atoms with E-state index in [0.29, 0.717) is 21.9 Å². The summed E-state index contributed by atoms with van der Waals surface area (Å²) in [6, 6.07) is 5.55. The summed E-state index contributed by atoms with van der Waals surface area (Å²) >= 11 is 0. The van der Waals surface area contributed by atoms with Crippen molar-refractivity contribution in [1.82, 2.24) is 5.16 Å². The molecule has 2 aromatic rings. The zero-order chi connectivity index (χ0) is 12.4. The number of aromatic nitrogens is 2. The van der Waals surface area contributed by atoms with Crippen molar-refractivity contribution in [3.05, 3.63) is 35.0 Å². The molecule has 0 N–H and O–H groups in total. The van der Waals surface area contributed by atoms with Crippen molar-refractivity contribution >= 4 is 17.1 Å². The molecule has 3 rings (SSSR count). The molecule has 0 aliphatic heterocycles. The summed E-state index contributed by atoms with van der Waals surface area (Å²) in [7, 11) is 0. The Morgan fingerprint density at radius 1 is 1.28 bits per heavy atom. The first-order valence-corrected chi connectivity index (χ1v) is 6.50. The van der Waals surface area contributed by atoms with Gasteiger partial charge in [-0.15, -0.1) is 0 Å². The van der Waals surface area contributed by atoms with Crippen LogP contribution in [0.15, 0.2) is 28.9 Å². The molecule has 1 aromatic heterocycles. The maximum atomic E-state index is 11.2. The second-order valence-electron chi connectivity index (χ2n) is 4.94. The van der Waals surface area contributed by atoms with Crippen molar-refractivity contribution in [3.63, 3.8) is 0 Å². The summed E-state index contributed by atoms with van der Waals surface area (Å²) in [4.78, 5) is 0.434. The first-order chi connectivity index (χ1) is 8.83. The van der Waals surface area contributed by atoms with Gasteiger partial charge in [-0.1, -0.05) is 37.5 Å². The second-order valence-corrected chi connectivity index (χ2v) is 4.94. The summed E-state index contributed by atoms with van der Waals surface area (Å²) < 4.78 is 4.55. The van der Waals surface area contributed by atoms with Crippen LogP contribution in [0.3, 0.4) is 0 Å². The first kappa shape index (κ1) is 11.3. The molecule has 4 heteroatoms. The normalized spacial score (nSPS) is 17.8. The Hall–Kier alpha value is -1.84. The van der Waals surface area contributed by atoms with E-state index < -0.39 is 0 Å². The summed E-state index contributed by atoms with van der Waals surface area (Å²) in [5, 5.41) is 14.9. The fourth-order valence-electron chi connectivity index (χ4n) is 2.57. The summed E-state index contributed by atoms with van der Waals surface area (Å²) in [5.41, 5.74) is 2.16. The molecule has 1 aliphatic rings. The van der Waals surface area contributed by atoms with E-state index in [2.05, 4.69) is 21.9 Å². The van der Waals surface area contributed by atoms with Gasteiger partial charge in [0.25, 0.3) is 0 Å². The van der Waals surface area contributed by atoms with E-state index >= 15 is 0 Å². The van der Waals surface area contributed by atoms with E-state index in [-0.39, 0.29) is 0 Å². The van der Waals surface area contributed by atoms with Crippen LogP contribution in [0.25, 0.3) is 17.1 Å². The van der Waals surface area contributed by atoms with E-state index in [1.165, 1.54) is 32.1 Å². The third kappa shape index (κ3) is 2.23. The van der Waals surface area contributed by atoms with Gasteiger partial charge in [0.1, 0.15) is 0 Å². The third-order valence-electron chi connectivity index (χ3n) is 3.62. The molecular formula is C14H16N2O2. The van der Waals surface area contributed by atoms with Crippen molar-refractivity contribution in [2.24, 2.45) is 5.92 Å². The van der Waals surface area contributed by atoms with Gasteiger partial charge in [-0.25, -0.2) is 0 Å². The fourth-order valence-corrected chi connectivity index (χ4v) is 2.57. The number of hydrogen-bond donors (Lipinski definition) is 0. The van der Waals surface area contributed by atoms with E-state index in [1.807, 2.05) is 12.1 Å². The Morgan fingerprint density at radius 3 is 2.94 bits per heavy atom. The number of allylic oxidation sites excluding steroid dienone is 1. The molecule has 1 aliphatic carbocycles. The monoisotopic (exact) mass is 244 g/mol. The third-order valence-corrected chi connectivity index (χ3v) is 3.62. The fraction of sp³-hybridized carbons (Fsp3) is 0.429. The average Bonchev–Trinajstić information content (AvgIpc) is 2.79. The minimum Gasteiger partial charge on any atom is -0.359 e. The Kier molecular flexibility index (Phi) is 3.00. The van der Waals surface area contributed by atoms with Gasteiger partial charge in [0.15, 0.2) is 0 Å². The highest BCUT2D eigenvalue weighted by atomic mass is 16.8. The van der Waals surface area contributed by atoms with Gasteiger partial charge in [0, 0.05) is 11.2 Å². The summed E-state index contributed by atoms with van der Waals surface area (Å²) in [6.45, 7) is 0. The van der Waals surface area contributed by atoms with Gasteiger partial charge >= 0.3 is 0 Å². The summed E-state index contributed by atoms with van der Waals surface area (Å²) in [5.74, 6) is 0.705. The predicted molar refractivity (Wildman–Crippen MR) is 68.6 cm³/mol. The van der Waals surface area contributed by atoms with Crippen LogP contribution < -0.4 is 4.90 Å². The minimum absolute atomic E-state index is 0.434. The molecule has 1 aromatic carbocycles. The van der Waals surface area contributed by atoms with Gasteiger partial charge in [-0.05, 0) is 35.3 Å². The minimum atomic E-state index is 0.434. The number of nitrogens with zero attached hydrogens (tertiary/aromatic N) is 2. The molecule has 0 bridgehead atoms. The van der Waals surface area contributed by atoms with Gasteiger partial charge < -0.3 is 5.21 Å². The maximum absolute atomic E-state index is 11.2. The van der Waals surface area contributed by atoms with Gasteiger partial charge in [-0.2, -0.15) is 0 Å². The average molecular weight is 244 g/mol. The van der Waals surface area contributed by atoms with Gasteiger partial charge in [0.2, 0.25) is 11.0 Å². The van der Waals surface area contributed by atoms with Crippen LogP contribution in [0.1, 0.15) is 37.7 Å². The molecule has 0 spiro atoms. The number of hydrogen-bond acceptors (Lipinski definition) is 3. The zero-order valence-corrected chi connectivity index (χ0v) is 10.2. The zero-order valence-electron chi connectivity index (χ0n) is 10.2. The summed E-state index contributed by atoms with van der Waals surface area (Å²) in [6.07, 6.45) is 11.1. The van der Waals surface area contributed by atoms with Crippen LogP contribution >= 0.6 is 0 Å². The predicted octanol–water partition coefficient (Wildman–Crippen LogP) is 3.05. The lowest BCUT2D eigenvalue weighted by molar-refractivity contribution is -0.782. The van der Waals surface area contributed by atoms with E-state index in [4.69, 9.17) is 0 Å². The lowest BCUT2D eigenvalue weighted by atomic mass is 9.89. The van der Waals surface area contributed by atoms with E-state index in [0.717, 1.165) is 5.56 Å². The Balaban J connectivity index is 1.79. The molecule has 18 heavy (non-hydrogen) atoms. The van der Waals surface area contributed by atoms with Crippen LogP contribution in [0, 0.1) is 11.1 Å². The SMILES string of the molecule is [O-][n+]1onc2cc(/C=C/C3CCCCC3)ccc21.